The fourth-order valence-corrected chi connectivity index (χ4v) is 2.94. The molecule has 2 heterocycles. The molecule has 0 saturated heterocycles. The Morgan fingerprint density at radius 1 is 1.36 bits per heavy atom. The van der Waals surface area contributed by atoms with Crippen LogP contribution in [-0.2, 0) is 13.0 Å². The summed E-state index contributed by atoms with van der Waals surface area (Å²) in [6, 6.07) is 7.59. The Balaban J connectivity index is 1.99. The number of methoxy groups -OCH3 is 1. The van der Waals surface area contributed by atoms with Gasteiger partial charge in [0.1, 0.15) is 5.75 Å². The highest BCUT2D eigenvalue weighted by atomic mass is 16.6. The van der Waals surface area contributed by atoms with Crippen LogP contribution in [0.25, 0.3) is 0 Å². The lowest BCUT2D eigenvalue weighted by Gasteiger charge is -2.30. The van der Waals surface area contributed by atoms with Gasteiger partial charge in [-0.15, -0.1) is 0 Å². The average Bonchev–Trinajstić information content (AvgIpc) is 2.53. The third kappa shape index (κ3) is 2.36. The smallest absolute Gasteiger partial charge is 0.314 e. The second kappa shape index (κ2) is 5.63. The first kappa shape index (κ1) is 14.3. The highest BCUT2D eigenvalue weighted by Crippen LogP contribution is 2.34. The quantitative estimate of drug-likeness (QED) is 0.644. The lowest BCUT2D eigenvalue weighted by Crippen LogP contribution is -2.32. The minimum Gasteiger partial charge on any atom is -0.496 e. The molecule has 1 aliphatic heterocycles. The first-order chi connectivity index (χ1) is 10.6. The van der Waals surface area contributed by atoms with Gasteiger partial charge in [0.05, 0.1) is 12.0 Å². The highest BCUT2D eigenvalue weighted by molar-refractivity contribution is 5.62. The molecule has 0 radical (unpaired) electrons. The molecule has 0 fully saturated rings. The van der Waals surface area contributed by atoms with Gasteiger partial charge in [0.2, 0.25) is 5.82 Å². The Morgan fingerprint density at radius 3 is 2.91 bits per heavy atom. The minimum absolute atomic E-state index is 0.0915. The maximum Gasteiger partial charge on any atom is 0.314 e. The molecule has 22 heavy (non-hydrogen) atoms. The molecule has 0 atom stereocenters. The summed E-state index contributed by atoms with van der Waals surface area (Å²) in [5, 5.41) is 11.4. The Morgan fingerprint density at radius 2 is 2.18 bits per heavy atom. The molecule has 0 saturated carbocycles. The number of ether oxygens (including phenoxy) is 1. The zero-order valence-electron chi connectivity index (χ0n) is 12.6. The Kier molecular flexibility index (Phi) is 3.66. The molecular weight excluding hydrogens is 282 g/mol. The molecule has 6 nitrogen and oxygen atoms in total. The maximum atomic E-state index is 11.4. The molecule has 0 N–H and O–H groups in total. The number of pyridine rings is 1. The summed E-state index contributed by atoms with van der Waals surface area (Å²) < 4.78 is 5.39. The van der Waals surface area contributed by atoms with E-state index in [0.29, 0.717) is 24.5 Å². The molecule has 3 rings (SSSR count). The van der Waals surface area contributed by atoms with Gasteiger partial charge < -0.3 is 9.64 Å². The molecule has 1 aromatic heterocycles. The van der Waals surface area contributed by atoms with Crippen LogP contribution >= 0.6 is 0 Å². The monoisotopic (exact) mass is 299 g/mol. The van der Waals surface area contributed by atoms with E-state index in [1.807, 2.05) is 23.1 Å². The van der Waals surface area contributed by atoms with Crippen LogP contribution < -0.4 is 9.64 Å². The molecule has 0 aliphatic carbocycles. The Labute approximate surface area is 128 Å². The van der Waals surface area contributed by atoms with Crippen molar-refractivity contribution in [3.05, 3.63) is 57.3 Å². The van der Waals surface area contributed by atoms with Crippen molar-refractivity contribution in [3.8, 4) is 5.75 Å². The van der Waals surface area contributed by atoms with Crippen LogP contribution in [0.4, 0.5) is 11.5 Å². The van der Waals surface area contributed by atoms with Crippen LogP contribution in [0.3, 0.4) is 0 Å². The van der Waals surface area contributed by atoms with Crippen LogP contribution in [0.1, 0.15) is 16.7 Å². The molecule has 0 bridgehead atoms. The normalized spacial score (nSPS) is 13.6. The number of rotatable bonds is 3. The molecule has 1 aliphatic rings. The molecular formula is C16H17N3O3. The van der Waals surface area contributed by atoms with Crippen molar-refractivity contribution in [2.24, 2.45) is 0 Å². The van der Waals surface area contributed by atoms with Crippen LogP contribution in [0.2, 0.25) is 0 Å². The van der Waals surface area contributed by atoms with Crippen LogP contribution in [-0.4, -0.2) is 23.6 Å². The summed E-state index contributed by atoms with van der Waals surface area (Å²) in [4.78, 5) is 17.2. The lowest BCUT2D eigenvalue weighted by atomic mass is 9.98. The number of aromatic nitrogens is 1. The van der Waals surface area contributed by atoms with Crippen molar-refractivity contribution in [2.75, 3.05) is 18.6 Å². The van der Waals surface area contributed by atoms with E-state index in [-0.39, 0.29) is 10.6 Å². The van der Waals surface area contributed by atoms with Gasteiger partial charge in [0.25, 0.3) is 0 Å². The second-order valence-electron chi connectivity index (χ2n) is 5.33. The van der Waals surface area contributed by atoms with E-state index < -0.39 is 0 Å². The van der Waals surface area contributed by atoms with Gasteiger partial charge in [-0.05, 0) is 31.0 Å². The number of hydrogen-bond donors (Lipinski definition) is 0. The largest absolute Gasteiger partial charge is 0.496 e. The molecule has 0 spiro atoms. The van der Waals surface area contributed by atoms with E-state index in [9.17, 15) is 10.1 Å². The number of fused-ring (bicyclic) bond motifs is 1. The fourth-order valence-electron chi connectivity index (χ4n) is 2.94. The second-order valence-corrected chi connectivity index (χ2v) is 5.33. The van der Waals surface area contributed by atoms with E-state index >= 15 is 0 Å². The first-order valence-electron chi connectivity index (χ1n) is 7.11. The third-order valence-electron chi connectivity index (χ3n) is 4.03. The number of hydrogen-bond acceptors (Lipinski definition) is 5. The number of anilines is 1. The van der Waals surface area contributed by atoms with E-state index in [0.717, 1.165) is 17.7 Å². The topological polar surface area (TPSA) is 68.5 Å². The van der Waals surface area contributed by atoms with E-state index in [4.69, 9.17) is 4.74 Å². The molecule has 2 aromatic rings. The van der Waals surface area contributed by atoms with Gasteiger partial charge in [0, 0.05) is 30.4 Å². The fraction of sp³-hybridized carbons (Fsp3) is 0.312. The first-order valence-corrected chi connectivity index (χ1v) is 7.11. The summed E-state index contributed by atoms with van der Waals surface area (Å²) in [6.07, 6.45) is 2.41. The predicted octanol–water partition coefficient (Wildman–Crippen LogP) is 2.87. The third-order valence-corrected chi connectivity index (χ3v) is 4.03. The van der Waals surface area contributed by atoms with Gasteiger partial charge in [-0.3, -0.25) is 10.1 Å². The minimum atomic E-state index is -0.348. The average molecular weight is 299 g/mol. The van der Waals surface area contributed by atoms with E-state index in [1.165, 1.54) is 5.56 Å². The predicted molar refractivity (Wildman–Crippen MR) is 83.4 cm³/mol. The van der Waals surface area contributed by atoms with Gasteiger partial charge in [-0.25, -0.2) is 4.98 Å². The zero-order valence-corrected chi connectivity index (χ0v) is 12.6. The number of nitro groups is 1. The van der Waals surface area contributed by atoms with Crippen molar-refractivity contribution in [1.82, 2.24) is 4.98 Å². The molecule has 1 aromatic carbocycles. The van der Waals surface area contributed by atoms with Crippen LogP contribution in [0, 0.1) is 17.0 Å². The SMILES string of the molecule is COc1cccc2c1CCN(c1nccc(C)c1[N+](=O)[O-])C2. The van der Waals surface area contributed by atoms with E-state index in [1.54, 1.807) is 26.3 Å². The molecule has 6 heteroatoms. The number of nitrogens with zero attached hydrogens (tertiary/aromatic N) is 3. The van der Waals surface area contributed by atoms with Crippen molar-refractivity contribution in [1.29, 1.82) is 0 Å². The van der Waals surface area contributed by atoms with Crippen molar-refractivity contribution < 1.29 is 9.66 Å². The Bertz CT molecular complexity index is 731. The van der Waals surface area contributed by atoms with Gasteiger partial charge in [-0.1, -0.05) is 12.1 Å². The summed E-state index contributed by atoms with van der Waals surface area (Å²) in [5.41, 5.74) is 3.03. The number of aryl methyl sites for hydroxylation is 1. The summed E-state index contributed by atoms with van der Waals surface area (Å²) in [6.45, 7) is 3.03. The molecule has 114 valence electrons. The summed E-state index contributed by atoms with van der Waals surface area (Å²) >= 11 is 0. The summed E-state index contributed by atoms with van der Waals surface area (Å²) in [5.74, 6) is 1.32. The number of benzene rings is 1. The van der Waals surface area contributed by atoms with Crippen LogP contribution in [0.15, 0.2) is 30.5 Å². The zero-order chi connectivity index (χ0) is 15.7. The van der Waals surface area contributed by atoms with Crippen molar-refractivity contribution in [3.63, 3.8) is 0 Å². The van der Waals surface area contributed by atoms with Crippen molar-refractivity contribution >= 4 is 11.5 Å². The van der Waals surface area contributed by atoms with Gasteiger partial charge in [0.15, 0.2) is 0 Å². The maximum absolute atomic E-state index is 11.4. The molecule has 0 amide bonds. The lowest BCUT2D eigenvalue weighted by molar-refractivity contribution is -0.384. The van der Waals surface area contributed by atoms with E-state index in [2.05, 4.69) is 4.98 Å². The summed E-state index contributed by atoms with van der Waals surface area (Å²) in [7, 11) is 1.66. The Hall–Kier alpha value is -2.63. The van der Waals surface area contributed by atoms with Gasteiger partial charge in [-0.2, -0.15) is 0 Å². The molecule has 0 unspecified atom stereocenters. The van der Waals surface area contributed by atoms with Gasteiger partial charge >= 0.3 is 5.69 Å². The highest BCUT2D eigenvalue weighted by Gasteiger charge is 2.27. The van der Waals surface area contributed by atoms with Crippen LogP contribution in [0.5, 0.6) is 5.75 Å². The van der Waals surface area contributed by atoms with Crippen molar-refractivity contribution in [2.45, 2.75) is 19.9 Å². The standard InChI is InChI=1S/C16H17N3O3/c1-11-6-8-17-16(15(11)19(20)21)18-9-7-13-12(10-18)4-3-5-14(13)22-2/h3-6,8H,7,9-10H2,1-2H3.